The molecule has 0 saturated carbocycles. The maximum Gasteiger partial charge on any atom is 0.227 e. The third-order valence-corrected chi connectivity index (χ3v) is 10.2. The van der Waals surface area contributed by atoms with Gasteiger partial charge < -0.3 is 13.7 Å². The molecule has 0 fully saturated rings. The predicted molar refractivity (Wildman–Crippen MR) is 200 cm³/mol. The summed E-state index contributed by atoms with van der Waals surface area (Å²) < 4.78 is 14.8. The molecule has 4 nitrogen and oxygen atoms in total. The molecule has 10 rings (SSSR count). The molecule has 0 unspecified atom stereocenters. The predicted octanol–water partition coefficient (Wildman–Crippen LogP) is 12.9. The number of benzene rings is 7. The zero-order valence-corrected chi connectivity index (χ0v) is 26.4. The lowest BCUT2D eigenvalue weighted by atomic mass is 10.0. The van der Waals surface area contributed by atoms with Gasteiger partial charge in [-0.15, -0.1) is 11.3 Å². The fourth-order valence-corrected chi connectivity index (χ4v) is 8.04. The van der Waals surface area contributed by atoms with Crippen LogP contribution in [0.15, 0.2) is 167 Å². The van der Waals surface area contributed by atoms with Crippen LogP contribution in [-0.4, -0.2) is 4.98 Å². The number of furan rings is 1. The number of para-hydroxylation sites is 3. The topological polar surface area (TPSA) is 42.4 Å². The second kappa shape index (κ2) is 10.7. The Morgan fingerprint density at radius 2 is 1.19 bits per heavy atom. The third kappa shape index (κ3) is 4.33. The Kier molecular flexibility index (Phi) is 6.01. The molecular formula is C43H26N2O2S. The number of rotatable bonds is 5. The van der Waals surface area contributed by atoms with E-state index in [2.05, 4.69) is 126 Å². The Labute approximate surface area is 279 Å². The number of anilines is 3. The van der Waals surface area contributed by atoms with Gasteiger partial charge in [0.1, 0.15) is 16.7 Å². The fourth-order valence-electron chi connectivity index (χ4n) is 6.87. The van der Waals surface area contributed by atoms with Gasteiger partial charge in [0.2, 0.25) is 5.89 Å². The molecule has 0 aliphatic carbocycles. The zero-order valence-electron chi connectivity index (χ0n) is 25.6. The summed E-state index contributed by atoms with van der Waals surface area (Å²) in [7, 11) is 0. The molecule has 48 heavy (non-hydrogen) atoms. The van der Waals surface area contributed by atoms with Crippen LogP contribution in [0.25, 0.3) is 75.8 Å². The maximum absolute atomic E-state index is 6.24. The van der Waals surface area contributed by atoms with E-state index in [-0.39, 0.29) is 0 Å². The smallest absolute Gasteiger partial charge is 0.227 e. The van der Waals surface area contributed by atoms with E-state index in [1.165, 1.54) is 31.3 Å². The minimum absolute atomic E-state index is 0.644. The number of hydrogen-bond acceptors (Lipinski definition) is 5. The zero-order chi connectivity index (χ0) is 31.6. The molecule has 5 heteroatoms. The highest BCUT2D eigenvalue weighted by Gasteiger charge is 2.20. The van der Waals surface area contributed by atoms with E-state index >= 15 is 0 Å². The summed E-state index contributed by atoms with van der Waals surface area (Å²) in [6.45, 7) is 0. The van der Waals surface area contributed by atoms with E-state index in [1.807, 2.05) is 36.4 Å². The lowest BCUT2D eigenvalue weighted by molar-refractivity contribution is 0.620. The molecule has 0 N–H and O–H groups in total. The second-order valence-electron chi connectivity index (χ2n) is 12.0. The van der Waals surface area contributed by atoms with Gasteiger partial charge in [-0.1, -0.05) is 84.9 Å². The molecule has 10 aromatic rings. The Hall–Kier alpha value is -6.17. The lowest BCUT2D eigenvalue weighted by Gasteiger charge is -2.26. The summed E-state index contributed by atoms with van der Waals surface area (Å²) in [5.41, 5.74) is 10.0. The first kappa shape index (κ1) is 27.0. The molecule has 226 valence electrons. The van der Waals surface area contributed by atoms with Crippen molar-refractivity contribution in [2.24, 2.45) is 0 Å². The van der Waals surface area contributed by atoms with E-state index in [1.54, 1.807) is 11.3 Å². The van der Waals surface area contributed by atoms with Crippen molar-refractivity contribution >= 4 is 81.6 Å². The average Bonchev–Trinajstić information content (AvgIpc) is 3.85. The van der Waals surface area contributed by atoms with Gasteiger partial charge in [-0.05, 0) is 83.9 Å². The Bertz CT molecular complexity index is 2780. The van der Waals surface area contributed by atoms with E-state index in [4.69, 9.17) is 13.8 Å². The van der Waals surface area contributed by atoms with Gasteiger partial charge in [0.05, 0.1) is 0 Å². The maximum atomic E-state index is 6.24. The Morgan fingerprint density at radius 3 is 2.10 bits per heavy atom. The van der Waals surface area contributed by atoms with E-state index in [9.17, 15) is 0 Å². The molecule has 0 amide bonds. The third-order valence-electron chi connectivity index (χ3n) is 9.09. The number of hydrogen-bond donors (Lipinski definition) is 0. The second-order valence-corrected chi connectivity index (χ2v) is 13.1. The van der Waals surface area contributed by atoms with Crippen LogP contribution >= 0.6 is 11.3 Å². The molecule has 0 saturated heterocycles. The SMILES string of the molecule is c1ccc(-c2cccc(N(c3ccc4c(c3)sc3cccc(-c5nc6ccccc6o5)c34)c3ccc4oc5ccccc5c4c3)c2)cc1. The molecule has 0 atom stereocenters. The first-order valence-electron chi connectivity index (χ1n) is 15.9. The summed E-state index contributed by atoms with van der Waals surface area (Å²) >= 11 is 1.79. The van der Waals surface area contributed by atoms with Crippen molar-refractivity contribution in [3.05, 3.63) is 158 Å². The highest BCUT2D eigenvalue weighted by atomic mass is 32.1. The minimum atomic E-state index is 0.644. The van der Waals surface area contributed by atoms with Crippen molar-refractivity contribution in [1.29, 1.82) is 0 Å². The van der Waals surface area contributed by atoms with Crippen molar-refractivity contribution in [2.75, 3.05) is 4.90 Å². The summed E-state index contributed by atoms with van der Waals surface area (Å²) in [6.07, 6.45) is 0. The van der Waals surface area contributed by atoms with Gasteiger partial charge in [0.15, 0.2) is 5.58 Å². The van der Waals surface area contributed by atoms with Crippen LogP contribution in [0, 0.1) is 0 Å². The molecule has 0 bridgehead atoms. The lowest BCUT2D eigenvalue weighted by Crippen LogP contribution is -2.09. The van der Waals surface area contributed by atoms with Crippen LogP contribution in [0.2, 0.25) is 0 Å². The van der Waals surface area contributed by atoms with Crippen LogP contribution in [-0.2, 0) is 0 Å². The molecular weight excluding hydrogens is 609 g/mol. The molecule has 0 aliphatic rings. The van der Waals surface area contributed by atoms with E-state index in [0.717, 1.165) is 55.7 Å². The first-order chi connectivity index (χ1) is 23.8. The largest absolute Gasteiger partial charge is 0.456 e. The van der Waals surface area contributed by atoms with Crippen molar-refractivity contribution < 1.29 is 8.83 Å². The molecule has 0 spiro atoms. The fraction of sp³-hybridized carbons (Fsp3) is 0. The number of fused-ring (bicyclic) bond motifs is 7. The van der Waals surface area contributed by atoms with Crippen molar-refractivity contribution in [3.63, 3.8) is 0 Å². The first-order valence-corrected chi connectivity index (χ1v) is 16.8. The average molecular weight is 635 g/mol. The molecule has 7 aromatic carbocycles. The number of aromatic nitrogens is 1. The van der Waals surface area contributed by atoms with Crippen LogP contribution in [0.5, 0.6) is 0 Å². The summed E-state index contributed by atoms with van der Waals surface area (Å²) in [4.78, 5) is 7.19. The van der Waals surface area contributed by atoms with Gasteiger partial charge in [-0.3, -0.25) is 0 Å². The van der Waals surface area contributed by atoms with Crippen LogP contribution < -0.4 is 4.90 Å². The van der Waals surface area contributed by atoms with Gasteiger partial charge in [0.25, 0.3) is 0 Å². The van der Waals surface area contributed by atoms with E-state index < -0.39 is 0 Å². The van der Waals surface area contributed by atoms with Gasteiger partial charge in [0, 0.05) is 53.6 Å². The number of thiophene rings is 1. The minimum Gasteiger partial charge on any atom is -0.456 e. The van der Waals surface area contributed by atoms with Crippen molar-refractivity contribution in [1.82, 2.24) is 4.98 Å². The normalized spacial score (nSPS) is 11.8. The Morgan fingerprint density at radius 1 is 0.458 bits per heavy atom. The quantitative estimate of drug-likeness (QED) is 0.189. The summed E-state index contributed by atoms with van der Waals surface area (Å²) in [6, 6.07) is 55.1. The monoisotopic (exact) mass is 634 g/mol. The Balaban J connectivity index is 1.17. The van der Waals surface area contributed by atoms with Crippen molar-refractivity contribution in [2.45, 2.75) is 0 Å². The summed E-state index contributed by atoms with van der Waals surface area (Å²) in [5.74, 6) is 0.644. The van der Waals surface area contributed by atoms with Crippen LogP contribution in [0.1, 0.15) is 0 Å². The highest BCUT2D eigenvalue weighted by molar-refractivity contribution is 7.26. The molecule has 0 aliphatic heterocycles. The standard InChI is InChI=1S/C43H26N2O2S/c1-2-10-27(11-3-1)28-12-8-13-29(24-28)45(30-21-23-38-35(25-30)32-14-4-6-17-37(32)46-38)31-20-22-33-41(26-31)48-40-19-9-15-34(42(33)40)43-44-36-16-5-7-18-39(36)47-43/h1-26H. The number of oxazole rings is 1. The highest BCUT2D eigenvalue weighted by Crippen LogP contribution is 2.45. The van der Waals surface area contributed by atoms with Crippen LogP contribution in [0.3, 0.4) is 0 Å². The van der Waals surface area contributed by atoms with Crippen LogP contribution in [0.4, 0.5) is 17.1 Å². The molecule has 3 aromatic heterocycles. The van der Waals surface area contributed by atoms with Crippen molar-refractivity contribution in [3.8, 4) is 22.6 Å². The summed E-state index contributed by atoms with van der Waals surface area (Å²) in [5, 5.41) is 4.56. The number of nitrogens with zero attached hydrogens (tertiary/aromatic N) is 2. The molecule has 3 heterocycles. The van der Waals surface area contributed by atoms with Gasteiger partial charge >= 0.3 is 0 Å². The van der Waals surface area contributed by atoms with E-state index in [0.29, 0.717) is 5.89 Å². The molecule has 0 radical (unpaired) electrons. The van der Waals surface area contributed by atoms with Gasteiger partial charge in [-0.2, -0.15) is 0 Å². The van der Waals surface area contributed by atoms with Gasteiger partial charge in [-0.25, -0.2) is 4.98 Å².